The van der Waals surface area contributed by atoms with Crippen molar-refractivity contribution in [3.05, 3.63) is 64.1 Å². The number of Topliss-reactive ketones (excluding diaryl/α,β-unsaturated/α-hetero) is 1. The zero-order valence-electron chi connectivity index (χ0n) is 17.2. The number of methoxy groups -OCH3 is 2. The van der Waals surface area contributed by atoms with Crippen LogP contribution in [0.1, 0.15) is 6.92 Å². The van der Waals surface area contributed by atoms with E-state index in [1.54, 1.807) is 42.5 Å². The van der Waals surface area contributed by atoms with E-state index in [1.165, 1.54) is 25.7 Å². The quantitative estimate of drug-likeness (QED) is 0.260. The topological polar surface area (TPSA) is 120 Å². The Morgan fingerprint density at radius 2 is 1.90 bits per heavy atom. The van der Waals surface area contributed by atoms with Gasteiger partial charge in [0.15, 0.2) is 22.4 Å². The molecule has 0 aliphatic rings. The first kappa shape index (κ1) is 21.9. The Morgan fingerprint density at radius 3 is 2.55 bits per heavy atom. The lowest BCUT2D eigenvalue weighted by atomic mass is 10.2. The third-order valence-corrected chi connectivity index (χ3v) is 5.43. The van der Waals surface area contributed by atoms with Crippen LogP contribution in [0.3, 0.4) is 0 Å². The van der Waals surface area contributed by atoms with E-state index < -0.39 is 5.78 Å². The fraction of sp³-hybridized carbons (Fsp3) is 0.182. The van der Waals surface area contributed by atoms with E-state index in [2.05, 4.69) is 4.98 Å². The minimum Gasteiger partial charge on any atom is -0.493 e. The number of para-hydroxylation sites is 1. The van der Waals surface area contributed by atoms with Crippen LogP contribution in [-0.4, -0.2) is 35.3 Å². The Kier molecular flexibility index (Phi) is 6.62. The number of hydrogen-bond acceptors (Lipinski definition) is 8. The zero-order chi connectivity index (χ0) is 22.5. The minimum atomic E-state index is -0.436. The van der Waals surface area contributed by atoms with E-state index in [1.807, 2.05) is 6.07 Å². The van der Waals surface area contributed by atoms with Crippen molar-refractivity contribution in [2.45, 2.75) is 12.1 Å². The summed E-state index contributed by atoms with van der Waals surface area (Å²) >= 11 is 1.05. The number of nitriles is 1. The maximum atomic E-state index is 13.3. The second-order valence-electron chi connectivity index (χ2n) is 6.47. The number of fused-ring (bicyclic) bond motifs is 1. The summed E-state index contributed by atoms with van der Waals surface area (Å²) in [6, 6.07) is 13.8. The first-order valence-electron chi connectivity index (χ1n) is 9.18. The van der Waals surface area contributed by atoms with Crippen LogP contribution in [0.15, 0.2) is 63.7 Å². The van der Waals surface area contributed by atoms with Gasteiger partial charge in [0.25, 0.3) is 5.56 Å². The summed E-state index contributed by atoms with van der Waals surface area (Å²) in [6.45, 7) is 1.49. The molecule has 1 aromatic heterocycles. The van der Waals surface area contributed by atoms with Crippen molar-refractivity contribution in [3.63, 3.8) is 0 Å². The fourth-order valence-electron chi connectivity index (χ4n) is 2.97. The fourth-order valence-corrected chi connectivity index (χ4v) is 3.86. The maximum Gasteiger partial charge on any atom is 0.266 e. The predicted octanol–water partition coefficient (Wildman–Crippen LogP) is 2.82. The van der Waals surface area contributed by atoms with Gasteiger partial charge in [0.2, 0.25) is 0 Å². The van der Waals surface area contributed by atoms with Gasteiger partial charge in [-0.05, 0) is 31.2 Å². The number of thioether (sulfide) groups is 1. The lowest BCUT2D eigenvalue weighted by Crippen LogP contribution is -2.22. The summed E-state index contributed by atoms with van der Waals surface area (Å²) in [5.74, 6) is 0.421. The van der Waals surface area contributed by atoms with Gasteiger partial charge in [0.05, 0.1) is 36.6 Å². The van der Waals surface area contributed by atoms with Crippen LogP contribution in [0, 0.1) is 11.3 Å². The molecule has 0 spiro atoms. The van der Waals surface area contributed by atoms with Gasteiger partial charge in [-0.3, -0.25) is 14.2 Å². The van der Waals surface area contributed by atoms with E-state index in [0.29, 0.717) is 33.2 Å². The van der Waals surface area contributed by atoms with Crippen molar-refractivity contribution >= 4 is 28.4 Å². The molecular weight excluding hydrogens is 416 g/mol. The summed E-state index contributed by atoms with van der Waals surface area (Å²) in [7, 11) is 3.02. The van der Waals surface area contributed by atoms with Crippen LogP contribution in [0.2, 0.25) is 0 Å². The second-order valence-corrected chi connectivity index (χ2v) is 7.42. The highest BCUT2D eigenvalue weighted by Crippen LogP contribution is 2.30. The van der Waals surface area contributed by atoms with Gasteiger partial charge in [-0.1, -0.05) is 23.9 Å². The molecule has 0 atom stereocenters. The number of carbonyl (C=O) groups excluding carboxylic acids is 1. The Morgan fingerprint density at radius 1 is 1.19 bits per heavy atom. The van der Waals surface area contributed by atoms with E-state index in [4.69, 9.17) is 15.2 Å². The van der Waals surface area contributed by atoms with Crippen LogP contribution in [-0.2, 0) is 4.79 Å². The molecule has 0 unspecified atom stereocenters. The third kappa shape index (κ3) is 4.39. The first-order chi connectivity index (χ1) is 14.9. The van der Waals surface area contributed by atoms with Gasteiger partial charge in [-0.2, -0.15) is 5.26 Å². The highest BCUT2D eigenvalue weighted by Gasteiger charge is 2.18. The molecule has 0 radical (unpaired) electrons. The number of ketones is 1. The molecule has 2 aromatic carbocycles. The number of aromatic nitrogens is 2. The number of hydrogen-bond donors (Lipinski definition) is 1. The molecule has 0 amide bonds. The highest BCUT2D eigenvalue weighted by atomic mass is 32.2. The van der Waals surface area contributed by atoms with Crippen molar-refractivity contribution in [2.24, 2.45) is 5.73 Å². The Hall–Kier alpha value is -3.77. The second kappa shape index (κ2) is 9.36. The molecule has 8 nitrogen and oxygen atoms in total. The Bertz CT molecular complexity index is 1290. The molecule has 0 aliphatic heterocycles. The van der Waals surface area contributed by atoms with Gasteiger partial charge in [-0.15, -0.1) is 0 Å². The first-order valence-corrected chi connectivity index (χ1v) is 10.2. The molecule has 31 heavy (non-hydrogen) atoms. The van der Waals surface area contributed by atoms with Crippen molar-refractivity contribution in [1.82, 2.24) is 9.55 Å². The SMILES string of the molecule is COc1ccc(-n2c(SCC(=O)/C(C#N)=C(\C)N)nc3ccccc3c2=O)cc1OC. The highest BCUT2D eigenvalue weighted by molar-refractivity contribution is 7.99. The number of ether oxygens (including phenoxy) is 2. The molecular formula is C22H20N4O4S. The van der Waals surface area contributed by atoms with E-state index in [0.717, 1.165) is 11.8 Å². The van der Waals surface area contributed by atoms with Gasteiger partial charge in [0, 0.05) is 11.8 Å². The standard InChI is InChI=1S/C22H20N4O4S/c1-13(24)16(11-23)18(27)12-31-22-25-17-7-5-4-6-15(17)21(28)26(22)14-8-9-19(29-2)20(10-14)30-3/h4-10H,12,24H2,1-3H3/b16-13+. The lowest BCUT2D eigenvalue weighted by molar-refractivity contribution is -0.112. The van der Waals surface area contributed by atoms with Gasteiger partial charge >= 0.3 is 0 Å². The molecule has 0 saturated heterocycles. The number of carbonyl (C=O) groups is 1. The summed E-state index contributed by atoms with van der Waals surface area (Å²) in [6.07, 6.45) is 0. The van der Waals surface area contributed by atoms with Crippen molar-refractivity contribution < 1.29 is 14.3 Å². The number of benzene rings is 2. The third-order valence-electron chi connectivity index (χ3n) is 4.49. The smallest absolute Gasteiger partial charge is 0.266 e. The predicted molar refractivity (Wildman–Crippen MR) is 119 cm³/mol. The largest absolute Gasteiger partial charge is 0.493 e. The molecule has 9 heteroatoms. The van der Waals surface area contributed by atoms with Gasteiger partial charge in [0.1, 0.15) is 11.6 Å². The molecule has 2 N–H and O–H groups in total. The molecule has 3 rings (SSSR count). The Balaban J connectivity index is 2.15. The van der Waals surface area contributed by atoms with Crippen LogP contribution < -0.4 is 20.8 Å². The molecule has 1 heterocycles. The number of rotatable bonds is 7. The summed E-state index contributed by atoms with van der Waals surface area (Å²) in [5, 5.41) is 9.91. The maximum absolute atomic E-state index is 13.3. The minimum absolute atomic E-state index is 0.102. The molecule has 0 saturated carbocycles. The van der Waals surface area contributed by atoms with Crippen LogP contribution in [0.25, 0.3) is 16.6 Å². The van der Waals surface area contributed by atoms with E-state index in [-0.39, 0.29) is 22.6 Å². The zero-order valence-corrected chi connectivity index (χ0v) is 18.0. The van der Waals surface area contributed by atoms with Gasteiger partial charge < -0.3 is 15.2 Å². The lowest BCUT2D eigenvalue weighted by Gasteiger charge is -2.15. The molecule has 0 aliphatic carbocycles. The summed E-state index contributed by atoms with van der Waals surface area (Å²) in [4.78, 5) is 30.3. The molecule has 3 aromatic rings. The average Bonchev–Trinajstić information content (AvgIpc) is 2.77. The number of nitrogens with two attached hydrogens (primary N) is 1. The number of nitrogens with zero attached hydrogens (tertiary/aromatic N) is 3. The summed E-state index contributed by atoms with van der Waals surface area (Å²) in [5.41, 5.74) is 6.39. The summed E-state index contributed by atoms with van der Waals surface area (Å²) < 4.78 is 12.0. The molecule has 0 fully saturated rings. The van der Waals surface area contributed by atoms with Gasteiger partial charge in [-0.25, -0.2) is 4.98 Å². The monoisotopic (exact) mass is 436 g/mol. The normalized spacial score (nSPS) is 11.5. The molecule has 158 valence electrons. The van der Waals surface area contributed by atoms with E-state index in [9.17, 15) is 14.9 Å². The van der Waals surface area contributed by atoms with E-state index >= 15 is 0 Å². The average molecular weight is 436 g/mol. The van der Waals surface area contributed by atoms with Crippen LogP contribution in [0.4, 0.5) is 0 Å². The van der Waals surface area contributed by atoms with Crippen LogP contribution >= 0.6 is 11.8 Å². The van der Waals surface area contributed by atoms with Crippen molar-refractivity contribution in [1.29, 1.82) is 5.26 Å². The van der Waals surface area contributed by atoms with Crippen molar-refractivity contribution in [3.8, 4) is 23.3 Å². The van der Waals surface area contributed by atoms with Crippen LogP contribution in [0.5, 0.6) is 11.5 Å². The van der Waals surface area contributed by atoms with Crippen molar-refractivity contribution in [2.75, 3.05) is 20.0 Å². The Labute approximate surface area is 182 Å². The number of allylic oxidation sites excluding steroid dienone is 2. The molecule has 0 bridgehead atoms.